The largest absolute Gasteiger partial charge is 0.500 e. The Morgan fingerprint density at radius 3 is 1.44 bits per heavy atom. The Kier molecular flexibility index (Phi) is 13.1. The third-order valence-electron chi connectivity index (χ3n) is 6.35. The Morgan fingerprint density at radius 2 is 1.06 bits per heavy atom. The molecule has 190 valence electrons. The number of rotatable bonds is 8. The lowest BCUT2D eigenvalue weighted by atomic mass is 9.97. The molecule has 0 aromatic rings. The molecule has 0 saturated carbocycles. The van der Waals surface area contributed by atoms with Crippen molar-refractivity contribution in [2.45, 2.75) is 23.5 Å². The van der Waals surface area contributed by atoms with Crippen molar-refractivity contribution >= 4 is 8.80 Å². The van der Waals surface area contributed by atoms with Crippen molar-refractivity contribution in [1.82, 2.24) is 37.2 Å². The topological polar surface area (TPSA) is 138 Å². The lowest BCUT2D eigenvalue weighted by molar-refractivity contribution is 0.122. The summed E-state index contributed by atoms with van der Waals surface area (Å²) in [5, 5.41) is 25.4. The molecule has 0 amide bonds. The van der Waals surface area contributed by atoms with Crippen LogP contribution >= 0.6 is 0 Å². The van der Waals surface area contributed by atoms with E-state index in [4.69, 9.17) is 19.0 Å². The highest BCUT2D eigenvalue weighted by Crippen LogP contribution is 2.15. The normalized spacial score (nSPS) is 30.0. The highest BCUT2D eigenvalue weighted by Gasteiger charge is 2.37. The van der Waals surface area contributed by atoms with E-state index in [2.05, 4.69) is 37.2 Å². The Bertz CT molecular complexity index is 450. The van der Waals surface area contributed by atoms with Crippen LogP contribution in [0.4, 0.5) is 0 Å². The first-order valence-electron chi connectivity index (χ1n) is 11.9. The average molecular weight is 477 g/mol. The van der Waals surface area contributed by atoms with Gasteiger partial charge >= 0.3 is 8.80 Å². The summed E-state index contributed by atoms with van der Waals surface area (Å²) < 4.78 is 16.7. The van der Waals surface area contributed by atoms with E-state index >= 15 is 0 Å². The molecule has 0 aromatic carbocycles. The Morgan fingerprint density at radius 1 is 0.688 bits per heavy atom. The van der Waals surface area contributed by atoms with Crippen LogP contribution in [0.2, 0.25) is 6.04 Å². The molecule has 0 aliphatic carbocycles. The van der Waals surface area contributed by atoms with E-state index in [1.807, 2.05) is 0 Å². The average Bonchev–Trinajstić information content (AvgIpc) is 2.81. The molecule has 3 aliphatic heterocycles. The van der Waals surface area contributed by atoms with E-state index in [-0.39, 0.29) is 11.1 Å². The van der Waals surface area contributed by atoms with E-state index in [9.17, 15) is 0 Å². The lowest BCUT2D eigenvalue weighted by Gasteiger charge is -2.38. The molecule has 0 aromatic heterocycles. The van der Waals surface area contributed by atoms with E-state index < -0.39 is 8.80 Å². The molecule has 0 unspecified atom stereocenters. The van der Waals surface area contributed by atoms with Crippen LogP contribution in [0.1, 0.15) is 6.42 Å². The van der Waals surface area contributed by atoms with Crippen molar-refractivity contribution in [2.24, 2.45) is 5.73 Å². The second-order valence-corrected chi connectivity index (χ2v) is 12.1. The van der Waals surface area contributed by atoms with E-state index in [1.54, 1.807) is 21.3 Å². The predicted octanol–water partition coefficient (Wildman–Crippen LogP) is -3.15. The SMILES string of the molecule is CO[Si](CCCNC12CNCCNCC(N)(CNCCNC1)CNCCNC2)(OC)OC. The fourth-order valence-corrected chi connectivity index (χ4v) is 6.02. The molecule has 3 heterocycles. The van der Waals surface area contributed by atoms with Gasteiger partial charge in [-0.1, -0.05) is 0 Å². The molecular formula is C20H48N8O3Si. The minimum atomic E-state index is -2.54. The van der Waals surface area contributed by atoms with Gasteiger partial charge in [0.25, 0.3) is 0 Å². The van der Waals surface area contributed by atoms with E-state index in [1.165, 1.54) is 0 Å². The lowest BCUT2D eigenvalue weighted by Crippen LogP contribution is -2.66. The van der Waals surface area contributed by atoms with Gasteiger partial charge in [0.05, 0.1) is 11.1 Å². The maximum Gasteiger partial charge on any atom is 0.500 e. The molecule has 3 aliphatic rings. The van der Waals surface area contributed by atoms with Crippen molar-refractivity contribution in [1.29, 1.82) is 0 Å². The molecule has 12 heteroatoms. The smallest absolute Gasteiger partial charge is 0.377 e. The van der Waals surface area contributed by atoms with E-state index in [0.717, 1.165) is 97.5 Å². The molecule has 11 nitrogen and oxygen atoms in total. The molecule has 0 spiro atoms. The van der Waals surface area contributed by atoms with Crippen molar-refractivity contribution in [3.05, 3.63) is 0 Å². The second-order valence-electron chi connectivity index (χ2n) is 9.03. The Balaban J connectivity index is 2.02. The van der Waals surface area contributed by atoms with Gasteiger partial charge in [-0.25, -0.2) is 0 Å². The van der Waals surface area contributed by atoms with Crippen LogP contribution in [0.3, 0.4) is 0 Å². The van der Waals surface area contributed by atoms with Crippen molar-refractivity contribution < 1.29 is 13.3 Å². The van der Waals surface area contributed by atoms with Gasteiger partial charge in [-0.2, -0.15) is 0 Å². The zero-order valence-electron chi connectivity index (χ0n) is 20.4. The van der Waals surface area contributed by atoms with Crippen molar-refractivity contribution in [3.63, 3.8) is 0 Å². The summed E-state index contributed by atoms with van der Waals surface area (Å²) in [6.45, 7) is 11.2. The quantitative estimate of drug-likeness (QED) is 0.133. The van der Waals surface area contributed by atoms with Gasteiger partial charge in [-0.15, -0.1) is 0 Å². The summed E-state index contributed by atoms with van der Waals surface area (Å²) in [6.07, 6.45) is 0.923. The molecule has 9 N–H and O–H groups in total. The standard InChI is InChI=1S/C20H48N8O3Si/c1-29-32(30-2,31-3)12-4-5-28-20-16-25-9-6-22-13-19(21,14-23-7-10-26-17-20)15-24-8-11-27-18-20/h22-28H,4-18,21H2,1-3H3. The molecule has 3 rings (SSSR count). The first-order valence-corrected chi connectivity index (χ1v) is 13.9. The maximum absolute atomic E-state index is 6.67. The monoisotopic (exact) mass is 476 g/mol. The van der Waals surface area contributed by atoms with Crippen LogP contribution in [-0.2, 0) is 13.3 Å². The molecule has 3 fully saturated rings. The summed E-state index contributed by atoms with van der Waals surface area (Å²) in [6, 6.07) is 0.784. The first kappa shape index (κ1) is 28.0. The highest BCUT2D eigenvalue weighted by molar-refractivity contribution is 6.60. The molecule has 3 saturated heterocycles. The third-order valence-corrected chi connectivity index (χ3v) is 9.18. The van der Waals surface area contributed by atoms with Crippen LogP contribution in [0.5, 0.6) is 0 Å². The van der Waals surface area contributed by atoms with Gasteiger partial charge in [0.1, 0.15) is 0 Å². The fraction of sp³-hybridized carbons (Fsp3) is 1.00. The minimum Gasteiger partial charge on any atom is -0.377 e. The number of nitrogens with two attached hydrogens (primary N) is 1. The maximum atomic E-state index is 6.67. The van der Waals surface area contributed by atoms with Gasteiger partial charge in [-0.3, -0.25) is 0 Å². The Hall–Kier alpha value is -0.223. The number of hydrogen-bond acceptors (Lipinski definition) is 11. The van der Waals surface area contributed by atoms with Gasteiger partial charge in [0.15, 0.2) is 0 Å². The molecule has 0 atom stereocenters. The molecule has 2 bridgehead atoms. The number of nitrogens with one attached hydrogen (secondary N) is 7. The van der Waals surface area contributed by atoms with Crippen molar-refractivity contribution in [3.8, 4) is 0 Å². The molecular weight excluding hydrogens is 428 g/mol. The van der Waals surface area contributed by atoms with E-state index in [0.29, 0.717) is 0 Å². The summed E-state index contributed by atoms with van der Waals surface area (Å²) in [4.78, 5) is 0. The Labute approximate surface area is 195 Å². The van der Waals surface area contributed by atoms with Crippen LogP contribution < -0.4 is 43.0 Å². The second kappa shape index (κ2) is 14.9. The van der Waals surface area contributed by atoms with Gasteiger partial charge in [0, 0.05) is 106 Å². The third kappa shape index (κ3) is 9.56. The molecule has 32 heavy (non-hydrogen) atoms. The molecule has 0 radical (unpaired) electrons. The number of hydrogen-bond donors (Lipinski definition) is 8. The van der Waals surface area contributed by atoms with Crippen LogP contribution in [-0.4, -0.2) is 126 Å². The van der Waals surface area contributed by atoms with Gasteiger partial charge < -0.3 is 56.2 Å². The zero-order valence-corrected chi connectivity index (χ0v) is 21.4. The van der Waals surface area contributed by atoms with Crippen LogP contribution in [0, 0.1) is 0 Å². The fourth-order valence-electron chi connectivity index (χ4n) is 4.30. The minimum absolute atomic E-state index is 0.108. The predicted molar refractivity (Wildman–Crippen MR) is 131 cm³/mol. The highest BCUT2D eigenvalue weighted by atomic mass is 28.4. The van der Waals surface area contributed by atoms with Gasteiger partial charge in [0.2, 0.25) is 0 Å². The van der Waals surface area contributed by atoms with Crippen LogP contribution in [0.25, 0.3) is 0 Å². The summed E-state index contributed by atoms with van der Waals surface area (Å²) >= 11 is 0. The zero-order chi connectivity index (χ0) is 23.2. The summed E-state index contributed by atoms with van der Waals surface area (Å²) in [7, 11) is 2.47. The van der Waals surface area contributed by atoms with Gasteiger partial charge in [-0.05, 0) is 13.0 Å². The summed E-state index contributed by atoms with van der Waals surface area (Å²) in [5.74, 6) is 0. The van der Waals surface area contributed by atoms with Crippen LogP contribution in [0.15, 0.2) is 0 Å². The first-order chi connectivity index (χ1) is 15.5. The summed E-state index contributed by atoms with van der Waals surface area (Å²) in [5.41, 5.74) is 6.26. The number of fused-ring (bicyclic) bond motifs is 15. The van der Waals surface area contributed by atoms with Crippen molar-refractivity contribution in [2.75, 3.05) is 106 Å².